The second kappa shape index (κ2) is 7.22. The molecule has 0 bridgehead atoms. The molecule has 0 radical (unpaired) electrons. The number of carbonyl (C=O) groups is 1. The van der Waals surface area contributed by atoms with Crippen molar-refractivity contribution in [3.63, 3.8) is 0 Å². The van der Waals surface area contributed by atoms with Crippen molar-refractivity contribution >= 4 is 39.4 Å². The number of amides is 1. The molecule has 0 fully saturated rings. The predicted molar refractivity (Wildman–Crippen MR) is 90.8 cm³/mol. The van der Waals surface area contributed by atoms with E-state index in [1.54, 1.807) is 6.07 Å². The van der Waals surface area contributed by atoms with Crippen LogP contribution in [0, 0.1) is 0 Å². The Bertz CT molecular complexity index is 701. The number of rotatable bonds is 5. The van der Waals surface area contributed by atoms with Crippen molar-refractivity contribution in [1.29, 1.82) is 0 Å². The molecule has 1 aromatic rings. The summed E-state index contributed by atoms with van der Waals surface area (Å²) in [7, 11) is -2.04. The summed E-state index contributed by atoms with van der Waals surface area (Å²) in [5.74, 6) is 0. The lowest BCUT2D eigenvalue weighted by Gasteiger charge is -2.36. The highest BCUT2D eigenvalue weighted by Crippen LogP contribution is 2.42. The summed E-state index contributed by atoms with van der Waals surface area (Å²) < 4.78 is 32.2. The van der Waals surface area contributed by atoms with Gasteiger partial charge in [0, 0.05) is 25.7 Å². The zero-order chi connectivity index (χ0) is 17.2. The molecular weight excluding hydrogens is 358 g/mol. The fourth-order valence-electron chi connectivity index (χ4n) is 2.40. The highest BCUT2D eigenvalue weighted by molar-refractivity contribution is 7.99. The van der Waals surface area contributed by atoms with Crippen LogP contribution in [0.15, 0.2) is 27.1 Å². The number of hydrogen-bond acceptors (Lipinski definition) is 7. The zero-order valence-electron chi connectivity index (χ0n) is 12.9. The Kier molecular flexibility index (Phi) is 5.74. The number of nitrogens with two attached hydrogens (primary N) is 1. The quantitative estimate of drug-likeness (QED) is 0.623. The molecule has 0 saturated heterocycles. The zero-order valence-corrected chi connectivity index (χ0v) is 15.3. The summed E-state index contributed by atoms with van der Waals surface area (Å²) in [6.45, 7) is 6.02. The molecular formula is C13H19N3O4S3. The molecule has 2 rings (SSSR count). The maximum absolute atomic E-state index is 12.5. The smallest absolute Gasteiger partial charge is 0.410 e. The first-order valence-electron chi connectivity index (χ1n) is 6.87. The molecule has 1 unspecified atom stereocenters. The number of fused-ring (bicyclic) bond motifs is 1. The Labute approximate surface area is 144 Å². The van der Waals surface area contributed by atoms with Crippen LogP contribution in [0.1, 0.15) is 18.5 Å². The van der Waals surface area contributed by atoms with Crippen LogP contribution in [-0.2, 0) is 14.8 Å². The fourth-order valence-corrected chi connectivity index (χ4v) is 6.06. The highest BCUT2D eigenvalue weighted by Gasteiger charge is 2.40. The maximum atomic E-state index is 12.5. The average molecular weight is 378 g/mol. The molecule has 1 aliphatic rings. The number of thiophene rings is 1. The minimum atomic E-state index is -3.54. The van der Waals surface area contributed by atoms with Gasteiger partial charge in [0.15, 0.2) is 0 Å². The molecule has 7 nitrogen and oxygen atoms in total. The highest BCUT2D eigenvalue weighted by atomic mass is 32.3. The molecule has 2 heterocycles. The standard InChI is InChI=1S/C13H19N3O4S3/c1-4-6-20-13(17)16(5-2)10-8-15(3)23(18,19)12-9(10)7-11(21-12)22-14/h4,7,10H,1,5-6,8,14H2,2-3H3. The van der Waals surface area contributed by atoms with Crippen LogP contribution >= 0.6 is 23.3 Å². The summed E-state index contributed by atoms with van der Waals surface area (Å²) in [5.41, 5.74) is 0.596. The number of hydrogen-bond donors (Lipinski definition) is 1. The van der Waals surface area contributed by atoms with E-state index in [2.05, 4.69) is 6.58 Å². The van der Waals surface area contributed by atoms with Gasteiger partial charge in [-0.1, -0.05) is 12.7 Å². The first kappa shape index (κ1) is 18.3. The van der Waals surface area contributed by atoms with Crippen molar-refractivity contribution < 1.29 is 17.9 Å². The third-order valence-corrected chi connectivity index (χ3v) is 7.71. The lowest BCUT2D eigenvalue weighted by atomic mass is 10.1. The molecule has 2 N–H and O–H groups in total. The molecule has 1 aromatic heterocycles. The van der Waals surface area contributed by atoms with Gasteiger partial charge in [0.2, 0.25) is 0 Å². The van der Waals surface area contributed by atoms with E-state index in [0.717, 1.165) is 23.3 Å². The van der Waals surface area contributed by atoms with E-state index in [9.17, 15) is 13.2 Å². The van der Waals surface area contributed by atoms with Crippen molar-refractivity contribution in [2.24, 2.45) is 5.14 Å². The summed E-state index contributed by atoms with van der Waals surface area (Å²) >= 11 is 2.12. The average Bonchev–Trinajstić information content (AvgIpc) is 2.96. The number of carbonyl (C=O) groups excluding carboxylic acids is 1. The van der Waals surface area contributed by atoms with Gasteiger partial charge >= 0.3 is 6.09 Å². The Morgan fingerprint density at radius 3 is 2.96 bits per heavy atom. The summed E-state index contributed by atoms with van der Waals surface area (Å²) in [4.78, 5) is 13.8. The number of nitrogens with zero attached hydrogens (tertiary/aromatic N) is 2. The van der Waals surface area contributed by atoms with Crippen molar-refractivity contribution in [3.05, 3.63) is 24.3 Å². The Morgan fingerprint density at radius 1 is 1.70 bits per heavy atom. The molecule has 0 saturated carbocycles. The number of likely N-dealkylation sites (N-methyl/N-ethyl adjacent to an activating group) is 2. The minimum Gasteiger partial charge on any atom is -0.445 e. The monoisotopic (exact) mass is 377 g/mol. The fraction of sp³-hybridized carbons (Fsp3) is 0.462. The van der Waals surface area contributed by atoms with Gasteiger partial charge in [0.25, 0.3) is 10.0 Å². The van der Waals surface area contributed by atoms with Gasteiger partial charge in [-0.05, 0) is 24.9 Å². The van der Waals surface area contributed by atoms with Gasteiger partial charge in [-0.15, -0.1) is 11.3 Å². The minimum absolute atomic E-state index is 0.108. The molecule has 1 amide bonds. The third-order valence-electron chi connectivity index (χ3n) is 3.53. The maximum Gasteiger partial charge on any atom is 0.410 e. The van der Waals surface area contributed by atoms with Gasteiger partial charge in [-0.2, -0.15) is 4.31 Å². The summed E-state index contributed by atoms with van der Waals surface area (Å²) in [6.07, 6.45) is 0.992. The van der Waals surface area contributed by atoms with E-state index in [4.69, 9.17) is 9.88 Å². The molecule has 1 atom stereocenters. The molecule has 128 valence electrons. The van der Waals surface area contributed by atoms with E-state index in [1.165, 1.54) is 22.3 Å². The van der Waals surface area contributed by atoms with Gasteiger partial charge < -0.3 is 9.64 Å². The Morgan fingerprint density at radius 2 is 2.39 bits per heavy atom. The third kappa shape index (κ3) is 3.41. The molecule has 10 heteroatoms. The first-order chi connectivity index (χ1) is 10.9. The van der Waals surface area contributed by atoms with Crippen molar-refractivity contribution in [1.82, 2.24) is 9.21 Å². The Balaban J connectivity index is 2.44. The van der Waals surface area contributed by atoms with E-state index in [1.807, 2.05) is 6.92 Å². The first-order valence-corrected chi connectivity index (χ1v) is 10.0. The van der Waals surface area contributed by atoms with Crippen LogP contribution in [0.3, 0.4) is 0 Å². The molecule has 0 aliphatic carbocycles. The van der Waals surface area contributed by atoms with Gasteiger partial charge in [-0.3, -0.25) is 5.14 Å². The number of ether oxygens (including phenoxy) is 1. The van der Waals surface area contributed by atoms with Crippen LogP contribution in [0.5, 0.6) is 0 Å². The second-order valence-corrected chi connectivity index (χ2v) is 9.11. The molecule has 1 aliphatic heterocycles. The topological polar surface area (TPSA) is 92.9 Å². The van der Waals surface area contributed by atoms with E-state index < -0.39 is 22.2 Å². The van der Waals surface area contributed by atoms with Crippen LogP contribution in [0.2, 0.25) is 0 Å². The SMILES string of the molecule is C=CCOC(=O)N(CC)C1CN(C)S(=O)(=O)c2sc(SN)cc21. The lowest BCUT2D eigenvalue weighted by Crippen LogP contribution is -2.45. The van der Waals surface area contributed by atoms with E-state index in [0.29, 0.717) is 16.3 Å². The molecule has 0 spiro atoms. The lowest BCUT2D eigenvalue weighted by molar-refractivity contribution is 0.0913. The molecule has 23 heavy (non-hydrogen) atoms. The van der Waals surface area contributed by atoms with Crippen LogP contribution in [-0.4, -0.2) is 50.5 Å². The largest absolute Gasteiger partial charge is 0.445 e. The second-order valence-electron chi connectivity index (χ2n) is 4.88. The van der Waals surface area contributed by atoms with Gasteiger partial charge in [-0.25, -0.2) is 13.2 Å². The van der Waals surface area contributed by atoms with Gasteiger partial charge in [0.1, 0.15) is 10.8 Å². The van der Waals surface area contributed by atoms with Gasteiger partial charge in [0.05, 0.1) is 10.3 Å². The van der Waals surface area contributed by atoms with Crippen LogP contribution in [0.25, 0.3) is 0 Å². The summed E-state index contributed by atoms with van der Waals surface area (Å²) in [6, 6.07) is 1.33. The number of sulfonamides is 1. The van der Waals surface area contributed by atoms with Crippen molar-refractivity contribution in [2.75, 3.05) is 26.7 Å². The summed E-state index contributed by atoms with van der Waals surface area (Å²) in [5, 5.41) is 5.57. The van der Waals surface area contributed by atoms with Crippen molar-refractivity contribution in [3.8, 4) is 0 Å². The van der Waals surface area contributed by atoms with E-state index >= 15 is 0 Å². The van der Waals surface area contributed by atoms with Crippen LogP contribution in [0.4, 0.5) is 4.79 Å². The van der Waals surface area contributed by atoms with E-state index in [-0.39, 0.29) is 17.4 Å². The Hall–Kier alpha value is -1.07. The molecule has 0 aromatic carbocycles. The van der Waals surface area contributed by atoms with Crippen molar-refractivity contribution in [2.45, 2.75) is 21.4 Å². The van der Waals surface area contributed by atoms with Crippen LogP contribution < -0.4 is 5.14 Å². The normalized spacial score (nSPS) is 19.9. The predicted octanol–water partition coefficient (Wildman–Crippen LogP) is 2.03.